The summed E-state index contributed by atoms with van der Waals surface area (Å²) in [5, 5.41) is 15.5. The molecule has 1 heterocycles. The average molecular weight is 140 g/mol. The van der Waals surface area contributed by atoms with E-state index >= 15 is 0 Å². The second kappa shape index (κ2) is 3.25. The van der Waals surface area contributed by atoms with E-state index in [4.69, 9.17) is 5.11 Å². The second-order valence-corrected chi connectivity index (χ2v) is 2.34. The van der Waals surface area contributed by atoms with Crippen molar-refractivity contribution in [1.29, 1.82) is 0 Å². The molecule has 0 radical (unpaired) electrons. The molecule has 3 nitrogen and oxygen atoms in total. The van der Waals surface area contributed by atoms with Crippen LogP contribution in [-0.4, -0.2) is 15.3 Å². The normalized spacial score (nSPS) is 10.1. The van der Waals surface area contributed by atoms with Gasteiger partial charge < -0.3 is 5.11 Å². The largest absolute Gasteiger partial charge is 0.504 e. The van der Waals surface area contributed by atoms with Crippen molar-refractivity contribution < 1.29 is 5.11 Å². The molecule has 0 aliphatic rings. The van der Waals surface area contributed by atoms with Crippen LogP contribution in [0.5, 0.6) is 5.75 Å². The van der Waals surface area contributed by atoms with Gasteiger partial charge in [0.1, 0.15) is 0 Å². The Morgan fingerprint density at radius 1 is 1.70 bits per heavy atom. The molecule has 10 heavy (non-hydrogen) atoms. The zero-order valence-electron chi connectivity index (χ0n) is 6.09. The van der Waals surface area contributed by atoms with Gasteiger partial charge in [-0.3, -0.25) is 5.10 Å². The summed E-state index contributed by atoms with van der Waals surface area (Å²) in [5.74, 6) is 0.286. The van der Waals surface area contributed by atoms with E-state index in [1.54, 1.807) is 0 Å². The van der Waals surface area contributed by atoms with Gasteiger partial charge in [-0.1, -0.05) is 13.3 Å². The van der Waals surface area contributed by atoms with E-state index in [1.807, 2.05) is 0 Å². The molecule has 0 spiro atoms. The molecule has 1 rings (SSSR count). The van der Waals surface area contributed by atoms with Crippen LogP contribution in [0, 0.1) is 0 Å². The van der Waals surface area contributed by atoms with Gasteiger partial charge in [-0.25, -0.2) is 0 Å². The number of aromatic nitrogens is 2. The first-order valence-corrected chi connectivity index (χ1v) is 3.55. The van der Waals surface area contributed by atoms with Crippen LogP contribution in [0.1, 0.15) is 25.5 Å². The van der Waals surface area contributed by atoms with E-state index in [1.165, 1.54) is 6.20 Å². The van der Waals surface area contributed by atoms with Crippen LogP contribution in [0.3, 0.4) is 0 Å². The summed E-state index contributed by atoms with van der Waals surface area (Å²) in [6.45, 7) is 2.12. The van der Waals surface area contributed by atoms with E-state index in [-0.39, 0.29) is 5.75 Å². The zero-order valence-corrected chi connectivity index (χ0v) is 6.09. The van der Waals surface area contributed by atoms with Gasteiger partial charge in [0.05, 0.1) is 11.9 Å². The number of unbranched alkanes of at least 4 members (excludes halogenated alkanes) is 1. The minimum absolute atomic E-state index is 0.286. The maximum Gasteiger partial charge on any atom is 0.156 e. The number of aryl methyl sites for hydroxylation is 1. The molecule has 0 amide bonds. The van der Waals surface area contributed by atoms with E-state index in [2.05, 4.69) is 17.1 Å². The first-order chi connectivity index (χ1) is 4.84. The highest BCUT2D eigenvalue weighted by Crippen LogP contribution is 2.13. The smallest absolute Gasteiger partial charge is 0.156 e. The number of nitrogens with one attached hydrogen (secondary N) is 1. The van der Waals surface area contributed by atoms with E-state index in [0.717, 1.165) is 25.0 Å². The average Bonchev–Trinajstić information content (AvgIpc) is 2.31. The molecule has 3 heteroatoms. The van der Waals surface area contributed by atoms with Crippen molar-refractivity contribution in [2.45, 2.75) is 26.2 Å². The number of rotatable bonds is 3. The molecule has 0 unspecified atom stereocenters. The lowest BCUT2D eigenvalue weighted by Crippen LogP contribution is -1.84. The Bertz CT molecular complexity index is 195. The molecule has 0 aliphatic carbocycles. The summed E-state index contributed by atoms with van der Waals surface area (Å²) in [6.07, 6.45) is 4.56. The summed E-state index contributed by atoms with van der Waals surface area (Å²) >= 11 is 0. The third-order valence-corrected chi connectivity index (χ3v) is 1.48. The van der Waals surface area contributed by atoms with Crippen molar-refractivity contribution in [2.75, 3.05) is 0 Å². The summed E-state index contributed by atoms with van der Waals surface area (Å²) in [7, 11) is 0. The number of aromatic amines is 1. The Hall–Kier alpha value is -0.990. The Labute approximate surface area is 60.1 Å². The lowest BCUT2D eigenvalue weighted by Gasteiger charge is -1.93. The van der Waals surface area contributed by atoms with Crippen LogP contribution in [-0.2, 0) is 6.42 Å². The number of hydrogen-bond acceptors (Lipinski definition) is 2. The predicted octanol–water partition coefficient (Wildman–Crippen LogP) is 1.46. The van der Waals surface area contributed by atoms with Crippen molar-refractivity contribution in [3.8, 4) is 5.75 Å². The summed E-state index contributed by atoms with van der Waals surface area (Å²) in [4.78, 5) is 0. The van der Waals surface area contributed by atoms with Crippen LogP contribution in [0.2, 0.25) is 0 Å². The van der Waals surface area contributed by atoms with Gasteiger partial charge in [-0.2, -0.15) is 5.10 Å². The molecular weight excluding hydrogens is 128 g/mol. The van der Waals surface area contributed by atoms with Crippen molar-refractivity contribution in [3.05, 3.63) is 11.9 Å². The quantitative estimate of drug-likeness (QED) is 0.667. The highest BCUT2D eigenvalue weighted by molar-refractivity contribution is 5.21. The molecule has 1 aromatic rings. The molecule has 0 aromatic carbocycles. The Balaban J connectivity index is 2.49. The summed E-state index contributed by atoms with van der Waals surface area (Å²) in [6, 6.07) is 0. The van der Waals surface area contributed by atoms with Gasteiger partial charge in [0, 0.05) is 0 Å². The predicted molar refractivity (Wildman–Crippen MR) is 38.9 cm³/mol. The van der Waals surface area contributed by atoms with Crippen LogP contribution in [0.4, 0.5) is 0 Å². The number of hydrogen-bond donors (Lipinski definition) is 2. The Morgan fingerprint density at radius 3 is 3.00 bits per heavy atom. The molecule has 0 saturated carbocycles. The number of H-pyrrole nitrogens is 1. The zero-order chi connectivity index (χ0) is 7.40. The van der Waals surface area contributed by atoms with E-state index < -0.39 is 0 Å². The van der Waals surface area contributed by atoms with Crippen molar-refractivity contribution in [1.82, 2.24) is 10.2 Å². The van der Waals surface area contributed by atoms with Crippen LogP contribution in [0.25, 0.3) is 0 Å². The highest BCUT2D eigenvalue weighted by atomic mass is 16.3. The van der Waals surface area contributed by atoms with Gasteiger partial charge >= 0.3 is 0 Å². The minimum Gasteiger partial charge on any atom is -0.504 e. The molecule has 56 valence electrons. The summed E-state index contributed by atoms with van der Waals surface area (Å²) in [5.41, 5.74) is 0.849. The van der Waals surface area contributed by atoms with Gasteiger partial charge in [-0.15, -0.1) is 0 Å². The number of nitrogens with zero attached hydrogens (tertiary/aromatic N) is 1. The lowest BCUT2D eigenvalue weighted by atomic mass is 10.2. The SMILES string of the molecule is CCCCc1[nH]ncc1O. The fraction of sp³-hybridized carbons (Fsp3) is 0.571. The fourth-order valence-corrected chi connectivity index (χ4v) is 0.844. The molecule has 0 saturated heterocycles. The van der Waals surface area contributed by atoms with Crippen molar-refractivity contribution in [2.24, 2.45) is 0 Å². The van der Waals surface area contributed by atoms with E-state index in [0.29, 0.717) is 0 Å². The first kappa shape index (κ1) is 7.12. The molecule has 0 aliphatic heterocycles. The Morgan fingerprint density at radius 2 is 2.50 bits per heavy atom. The lowest BCUT2D eigenvalue weighted by molar-refractivity contribution is 0.467. The van der Waals surface area contributed by atoms with Gasteiger partial charge in [-0.05, 0) is 12.8 Å². The van der Waals surface area contributed by atoms with Gasteiger partial charge in [0.15, 0.2) is 5.75 Å². The topological polar surface area (TPSA) is 48.9 Å². The monoisotopic (exact) mass is 140 g/mol. The van der Waals surface area contributed by atoms with Crippen molar-refractivity contribution in [3.63, 3.8) is 0 Å². The maximum absolute atomic E-state index is 9.08. The molecule has 0 fully saturated rings. The maximum atomic E-state index is 9.08. The fourth-order valence-electron chi connectivity index (χ4n) is 0.844. The number of aromatic hydroxyl groups is 1. The Kier molecular flexibility index (Phi) is 2.31. The molecule has 1 aromatic heterocycles. The third-order valence-electron chi connectivity index (χ3n) is 1.48. The first-order valence-electron chi connectivity index (χ1n) is 3.55. The van der Waals surface area contributed by atoms with Gasteiger partial charge in [0.25, 0.3) is 0 Å². The standard InChI is InChI=1S/C7H12N2O/c1-2-3-4-6-7(10)5-8-9-6/h5,10H,2-4H2,1H3,(H,8,9). The van der Waals surface area contributed by atoms with Crippen molar-refractivity contribution >= 4 is 0 Å². The molecule has 0 bridgehead atoms. The molecule has 2 N–H and O–H groups in total. The second-order valence-electron chi connectivity index (χ2n) is 2.34. The molecule has 0 atom stereocenters. The van der Waals surface area contributed by atoms with Crippen LogP contribution >= 0.6 is 0 Å². The molecular formula is C7H12N2O. The minimum atomic E-state index is 0.286. The summed E-state index contributed by atoms with van der Waals surface area (Å²) < 4.78 is 0. The third kappa shape index (κ3) is 1.50. The highest BCUT2D eigenvalue weighted by Gasteiger charge is 1.99. The van der Waals surface area contributed by atoms with Crippen LogP contribution < -0.4 is 0 Å². The van der Waals surface area contributed by atoms with Gasteiger partial charge in [0.2, 0.25) is 0 Å². The van der Waals surface area contributed by atoms with Crippen LogP contribution in [0.15, 0.2) is 6.20 Å². The van der Waals surface area contributed by atoms with E-state index in [9.17, 15) is 0 Å².